The predicted molar refractivity (Wildman–Crippen MR) is 224 cm³/mol. The number of esters is 3. The molecule has 0 aliphatic rings. The molecular formula is C47H90O6. The molecule has 0 spiro atoms. The van der Waals surface area contributed by atoms with Crippen LogP contribution in [0.2, 0.25) is 0 Å². The highest BCUT2D eigenvalue weighted by atomic mass is 16.6. The van der Waals surface area contributed by atoms with E-state index in [1.165, 1.54) is 167 Å². The second-order valence-electron chi connectivity index (χ2n) is 16.0. The van der Waals surface area contributed by atoms with Gasteiger partial charge >= 0.3 is 17.9 Å². The van der Waals surface area contributed by atoms with Gasteiger partial charge in [0.15, 0.2) is 6.10 Å². The fourth-order valence-corrected chi connectivity index (χ4v) is 7.03. The molecule has 0 fully saturated rings. The molecule has 0 bridgehead atoms. The van der Waals surface area contributed by atoms with Gasteiger partial charge in [0.1, 0.15) is 13.2 Å². The Balaban J connectivity index is 4.29. The smallest absolute Gasteiger partial charge is 0.306 e. The summed E-state index contributed by atoms with van der Waals surface area (Å²) in [6.45, 7) is 6.64. The lowest BCUT2D eigenvalue weighted by Crippen LogP contribution is -2.30. The molecular weight excluding hydrogens is 661 g/mol. The van der Waals surface area contributed by atoms with E-state index in [1.807, 2.05) is 0 Å². The summed E-state index contributed by atoms with van der Waals surface area (Å²) in [5.74, 6) is -0.851. The minimum absolute atomic E-state index is 0.0626. The summed E-state index contributed by atoms with van der Waals surface area (Å²) in [6.07, 6.45) is 43.7. The van der Waals surface area contributed by atoms with Crippen molar-refractivity contribution in [1.29, 1.82) is 0 Å². The van der Waals surface area contributed by atoms with Gasteiger partial charge in [-0.1, -0.05) is 226 Å². The quantitative estimate of drug-likeness (QED) is 0.0351. The van der Waals surface area contributed by atoms with E-state index in [9.17, 15) is 14.4 Å². The SMILES string of the molecule is CCCCCCCCCCCCCCCCC(=O)OCC(COC(=O)CCCCCCCCCCC)OC(=O)CCCCCCCCCCCCCC. The van der Waals surface area contributed by atoms with Crippen LogP contribution in [0.1, 0.15) is 265 Å². The highest BCUT2D eigenvalue weighted by Crippen LogP contribution is 2.16. The molecule has 0 aliphatic heterocycles. The minimum Gasteiger partial charge on any atom is -0.462 e. The summed E-state index contributed by atoms with van der Waals surface area (Å²) in [6, 6.07) is 0. The molecule has 0 N–H and O–H groups in total. The molecule has 0 saturated heterocycles. The molecule has 0 aromatic carbocycles. The number of carbonyl (C=O) groups is 3. The third-order valence-corrected chi connectivity index (χ3v) is 10.6. The Bertz CT molecular complexity index is 783. The van der Waals surface area contributed by atoms with E-state index in [1.54, 1.807) is 0 Å². The highest BCUT2D eigenvalue weighted by Gasteiger charge is 2.19. The maximum Gasteiger partial charge on any atom is 0.306 e. The van der Waals surface area contributed by atoms with Crippen LogP contribution in [0.15, 0.2) is 0 Å². The zero-order valence-corrected chi connectivity index (χ0v) is 35.8. The summed E-state index contributed by atoms with van der Waals surface area (Å²) >= 11 is 0. The zero-order chi connectivity index (χ0) is 38.7. The lowest BCUT2D eigenvalue weighted by atomic mass is 10.0. The van der Waals surface area contributed by atoms with Crippen molar-refractivity contribution in [2.24, 2.45) is 0 Å². The zero-order valence-electron chi connectivity index (χ0n) is 35.8. The molecule has 0 rings (SSSR count). The van der Waals surface area contributed by atoms with Crippen LogP contribution in [0, 0.1) is 0 Å². The van der Waals surface area contributed by atoms with Gasteiger partial charge in [0, 0.05) is 19.3 Å². The molecule has 1 atom stereocenters. The second-order valence-corrected chi connectivity index (χ2v) is 16.0. The Hall–Kier alpha value is -1.59. The van der Waals surface area contributed by atoms with Gasteiger partial charge < -0.3 is 14.2 Å². The Kier molecular flexibility index (Phi) is 41.8. The molecule has 1 unspecified atom stereocenters. The predicted octanol–water partition coefficient (Wildman–Crippen LogP) is 14.9. The average Bonchev–Trinajstić information content (AvgIpc) is 3.15. The third kappa shape index (κ3) is 41.4. The molecule has 6 nitrogen and oxygen atoms in total. The van der Waals surface area contributed by atoms with Crippen LogP contribution < -0.4 is 0 Å². The molecule has 0 aromatic heterocycles. The number of rotatable bonds is 43. The lowest BCUT2D eigenvalue weighted by Gasteiger charge is -2.18. The standard InChI is InChI=1S/C47H90O6/c1-4-7-10-13-16-19-21-23-24-26-28-31-34-37-40-46(49)52-43-44(42-51-45(48)39-36-33-30-27-18-15-12-9-6-3)53-47(50)41-38-35-32-29-25-22-20-17-14-11-8-5-2/h44H,4-43H2,1-3H3. The Labute approximate surface area is 329 Å². The van der Waals surface area contributed by atoms with Crippen LogP contribution in [0.25, 0.3) is 0 Å². The topological polar surface area (TPSA) is 78.9 Å². The molecule has 0 aromatic rings. The number of hydrogen-bond acceptors (Lipinski definition) is 6. The van der Waals surface area contributed by atoms with Crippen molar-refractivity contribution in [3.8, 4) is 0 Å². The first-order valence-electron chi connectivity index (χ1n) is 23.5. The van der Waals surface area contributed by atoms with Crippen LogP contribution in [-0.4, -0.2) is 37.2 Å². The van der Waals surface area contributed by atoms with Gasteiger partial charge in [-0.05, 0) is 19.3 Å². The molecule has 0 heterocycles. The van der Waals surface area contributed by atoms with Gasteiger partial charge in [-0.15, -0.1) is 0 Å². The molecule has 0 saturated carbocycles. The molecule has 0 radical (unpaired) electrons. The summed E-state index contributed by atoms with van der Waals surface area (Å²) in [5.41, 5.74) is 0. The first-order valence-corrected chi connectivity index (χ1v) is 23.5. The average molecular weight is 751 g/mol. The third-order valence-electron chi connectivity index (χ3n) is 10.6. The fraction of sp³-hybridized carbons (Fsp3) is 0.936. The Morgan fingerprint density at radius 2 is 0.509 bits per heavy atom. The van der Waals surface area contributed by atoms with Crippen LogP contribution >= 0.6 is 0 Å². The van der Waals surface area contributed by atoms with Crippen LogP contribution in [0.3, 0.4) is 0 Å². The van der Waals surface area contributed by atoms with Crippen LogP contribution in [0.5, 0.6) is 0 Å². The lowest BCUT2D eigenvalue weighted by molar-refractivity contribution is -0.167. The van der Waals surface area contributed by atoms with Gasteiger partial charge in [0.05, 0.1) is 0 Å². The van der Waals surface area contributed by atoms with Crippen molar-refractivity contribution in [3.63, 3.8) is 0 Å². The van der Waals surface area contributed by atoms with Crippen molar-refractivity contribution >= 4 is 17.9 Å². The molecule has 6 heteroatoms. The van der Waals surface area contributed by atoms with E-state index < -0.39 is 6.10 Å². The van der Waals surface area contributed by atoms with Crippen molar-refractivity contribution in [3.05, 3.63) is 0 Å². The molecule has 0 aliphatic carbocycles. The molecule has 53 heavy (non-hydrogen) atoms. The fourth-order valence-electron chi connectivity index (χ4n) is 7.03. The summed E-state index contributed by atoms with van der Waals surface area (Å²) in [7, 11) is 0. The number of carbonyl (C=O) groups excluding carboxylic acids is 3. The number of hydrogen-bond donors (Lipinski definition) is 0. The van der Waals surface area contributed by atoms with Crippen LogP contribution in [0.4, 0.5) is 0 Å². The van der Waals surface area contributed by atoms with Gasteiger partial charge in [-0.25, -0.2) is 0 Å². The number of unbranched alkanes of at least 4 members (excludes halogenated alkanes) is 32. The van der Waals surface area contributed by atoms with Crippen LogP contribution in [-0.2, 0) is 28.6 Å². The van der Waals surface area contributed by atoms with Gasteiger partial charge in [0.2, 0.25) is 0 Å². The first kappa shape index (κ1) is 51.4. The number of ether oxygens (including phenoxy) is 3. The van der Waals surface area contributed by atoms with E-state index >= 15 is 0 Å². The van der Waals surface area contributed by atoms with E-state index in [0.717, 1.165) is 57.8 Å². The largest absolute Gasteiger partial charge is 0.462 e. The highest BCUT2D eigenvalue weighted by molar-refractivity contribution is 5.71. The first-order chi connectivity index (χ1) is 26.0. The maximum atomic E-state index is 12.7. The summed E-state index contributed by atoms with van der Waals surface area (Å²) in [5, 5.41) is 0. The Morgan fingerprint density at radius 3 is 0.755 bits per heavy atom. The Morgan fingerprint density at radius 1 is 0.302 bits per heavy atom. The minimum atomic E-state index is -0.757. The summed E-state index contributed by atoms with van der Waals surface area (Å²) in [4.78, 5) is 37.7. The normalized spacial score (nSPS) is 11.8. The molecule has 0 amide bonds. The summed E-state index contributed by atoms with van der Waals surface area (Å²) < 4.78 is 16.7. The van der Waals surface area contributed by atoms with Crippen molar-refractivity contribution in [2.75, 3.05) is 13.2 Å². The van der Waals surface area contributed by atoms with Gasteiger partial charge in [0.25, 0.3) is 0 Å². The maximum absolute atomic E-state index is 12.7. The molecule has 314 valence electrons. The van der Waals surface area contributed by atoms with E-state index in [-0.39, 0.29) is 31.1 Å². The van der Waals surface area contributed by atoms with Crippen molar-refractivity contribution < 1.29 is 28.6 Å². The van der Waals surface area contributed by atoms with E-state index in [0.29, 0.717) is 19.3 Å². The van der Waals surface area contributed by atoms with E-state index in [2.05, 4.69) is 20.8 Å². The van der Waals surface area contributed by atoms with Gasteiger partial charge in [-0.2, -0.15) is 0 Å². The van der Waals surface area contributed by atoms with Gasteiger partial charge in [-0.3, -0.25) is 14.4 Å². The second kappa shape index (κ2) is 43.1. The van der Waals surface area contributed by atoms with E-state index in [4.69, 9.17) is 14.2 Å². The van der Waals surface area contributed by atoms with Crippen molar-refractivity contribution in [2.45, 2.75) is 271 Å². The monoisotopic (exact) mass is 751 g/mol. The van der Waals surface area contributed by atoms with Crippen molar-refractivity contribution in [1.82, 2.24) is 0 Å².